The van der Waals surface area contributed by atoms with Gasteiger partial charge in [-0.05, 0) is 31.7 Å². The van der Waals surface area contributed by atoms with E-state index >= 15 is 0 Å². The van der Waals surface area contributed by atoms with Gasteiger partial charge in [-0.15, -0.1) is 0 Å². The highest BCUT2D eigenvalue weighted by atomic mass is 35.5. The van der Waals surface area contributed by atoms with E-state index in [0.717, 1.165) is 18.9 Å². The Hall–Kier alpha value is -1.36. The fourth-order valence-electron chi connectivity index (χ4n) is 1.76. The van der Waals surface area contributed by atoms with Gasteiger partial charge in [-0.1, -0.05) is 11.6 Å². The van der Waals surface area contributed by atoms with Gasteiger partial charge in [-0.25, -0.2) is 4.39 Å². The summed E-state index contributed by atoms with van der Waals surface area (Å²) in [6.07, 6.45) is 2.24. The van der Waals surface area contributed by atoms with E-state index in [9.17, 15) is 14.5 Å². The van der Waals surface area contributed by atoms with Crippen LogP contribution in [0.1, 0.15) is 19.8 Å². The minimum Gasteiger partial charge on any atom is -0.377 e. The second-order valence-corrected chi connectivity index (χ2v) is 4.72. The summed E-state index contributed by atoms with van der Waals surface area (Å²) in [7, 11) is 0. The third kappa shape index (κ3) is 2.66. The van der Waals surface area contributed by atoms with Crippen LogP contribution in [0.5, 0.6) is 0 Å². The molecule has 0 amide bonds. The molecule has 0 radical (unpaired) electrons. The summed E-state index contributed by atoms with van der Waals surface area (Å²) in [4.78, 5) is 10.2. The average Bonchev–Trinajstić information content (AvgIpc) is 3.06. The van der Waals surface area contributed by atoms with Crippen molar-refractivity contribution in [3.05, 3.63) is 33.1 Å². The van der Waals surface area contributed by atoms with E-state index in [2.05, 4.69) is 5.32 Å². The van der Waals surface area contributed by atoms with Crippen LogP contribution >= 0.6 is 11.6 Å². The molecule has 0 heterocycles. The smallest absolute Gasteiger partial charge is 0.295 e. The maximum atomic E-state index is 13.2. The zero-order valence-corrected chi connectivity index (χ0v) is 10.00. The Morgan fingerprint density at radius 2 is 2.24 bits per heavy atom. The first-order valence-corrected chi connectivity index (χ1v) is 5.77. The maximum Gasteiger partial charge on any atom is 0.295 e. The van der Waals surface area contributed by atoms with Gasteiger partial charge in [-0.2, -0.15) is 0 Å². The highest BCUT2D eigenvalue weighted by Crippen LogP contribution is 2.37. The number of nitro groups is 1. The summed E-state index contributed by atoms with van der Waals surface area (Å²) >= 11 is 5.63. The molecule has 1 saturated carbocycles. The molecule has 0 saturated heterocycles. The summed E-state index contributed by atoms with van der Waals surface area (Å²) in [6, 6.07) is 2.26. The van der Waals surface area contributed by atoms with E-state index in [-0.39, 0.29) is 22.4 Å². The van der Waals surface area contributed by atoms with Crippen molar-refractivity contribution >= 4 is 23.0 Å². The largest absolute Gasteiger partial charge is 0.377 e. The van der Waals surface area contributed by atoms with Crippen LogP contribution in [-0.2, 0) is 0 Å². The molecule has 0 aliphatic heterocycles. The predicted octanol–water partition coefficient (Wildman–Crippen LogP) is 3.60. The Morgan fingerprint density at radius 3 is 2.76 bits per heavy atom. The Bertz CT molecular complexity index is 463. The number of rotatable bonds is 4. The highest BCUT2D eigenvalue weighted by molar-refractivity contribution is 6.31. The molecule has 1 unspecified atom stereocenters. The zero-order valence-electron chi connectivity index (χ0n) is 9.24. The van der Waals surface area contributed by atoms with E-state index in [4.69, 9.17) is 11.6 Å². The third-order valence-electron chi connectivity index (χ3n) is 2.95. The second-order valence-electron chi connectivity index (χ2n) is 4.31. The van der Waals surface area contributed by atoms with Gasteiger partial charge in [-0.3, -0.25) is 10.1 Å². The van der Waals surface area contributed by atoms with E-state index in [1.807, 2.05) is 6.92 Å². The number of nitrogens with zero attached hydrogens (tertiary/aromatic N) is 1. The molecule has 17 heavy (non-hydrogen) atoms. The monoisotopic (exact) mass is 258 g/mol. The second kappa shape index (κ2) is 4.49. The summed E-state index contributed by atoms with van der Waals surface area (Å²) in [5, 5.41) is 13.7. The van der Waals surface area contributed by atoms with Gasteiger partial charge < -0.3 is 5.32 Å². The molecule has 6 heteroatoms. The van der Waals surface area contributed by atoms with Gasteiger partial charge in [0.1, 0.15) is 11.5 Å². The first kappa shape index (κ1) is 12.1. The lowest BCUT2D eigenvalue weighted by Crippen LogP contribution is -2.18. The van der Waals surface area contributed by atoms with Crippen LogP contribution in [0.25, 0.3) is 0 Å². The molecule has 1 aromatic carbocycles. The topological polar surface area (TPSA) is 55.2 Å². The van der Waals surface area contributed by atoms with Crippen LogP contribution in [0, 0.1) is 21.8 Å². The van der Waals surface area contributed by atoms with Crippen LogP contribution in [-0.4, -0.2) is 11.0 Å². The summed E-state index contributed by atoms with van der Waals surface area (Å²) in [6.45, 7) is 1.96. The number of halogens is 2. The lowest BCUT2D eigenvalue weighted by molar-refractivity contribution is -0.384. The Morgan fingerprint density at radius 1 is 1.59 bits per heavy atom. The van der Waals surface area contributed by atoms with Gasteiger partial charge >= 0.3 is 0 Å². The fraction of sp³-hybridized carbons (Fsp3) is 0.455. The van der Waals surface area contributed by atoms with E-state index in [1.54, 1.807) is 0 Å². The molecule has 1 fully saturated rings. The summed E-state index contributed by atoms with van der Waals surface area (Å²) in [5.74, 6) is -0.235. The van der Waals surface area contributed by atoms with Crippen LogP contribution in [0.3, 0.4) is 0 Å². The molecule has 1 aliphatic carbocycles. The molecule has 1 atom stereocenters. The Balaban J connectivity index is 2.29. The van der Waals surface area contributed by atoms with Crippen molar-refractivity contribution in [1.29, 1.82) is 0 Å². The number of hydrogen-bond donors (Lipinski definition) is 1. The molecule has 0 spiro atoms. The first-order valence-electron chi connectivity index (χ1n) is 5.39. The Kier molecular flexibility index (Phi) is 3.19. The number of anilines is 1. The average molecular weight is 259 g/mol. The number of benzene rings is 1. The lowest BCUT2D eigenvalue weighted by atomic mass is 10.2. The van der Waals surface area contributed by atoms with E-state index < -0.39 is 10.7 Å². The maximum absolute atomic E-state index is 13.2. The lowest BCUT2D eigenvalue weighted by Gasteiger charge is -2.14. The molecular formula is C11H12ClFN2O2. The van der Waals surface area contributed by atoms with Crippen molar-refractivity contribution in [2.75, 3.05) is 5.32 Å². The molecule has 1 aromatic rings. The molecular weight excluding hydrogens is 247 g/mol. The predicted molar refractivity (Wildman–Crippen MR) is 63.9 cm³/mol. The minimum atomic E-state index is -0.775. The van der Waals surface area contributed by atoms with Gasteiger partial charge in [0, 0.05) is 6.04 Å². The molecule has 1 aliphatic rings. The molecule has 1 N–H and O–H groups in total. The number of nitrogens with one attached hydrogen (secondary N) is 1. The minimum absolute atomic E-state index is 0.110. The van der Waals surface area contributed by atoms with Crippen molar-refractivity contribution in [2.45, 2.75) is 25.8 Å². The molecule has 92 valence electrons. The summed E-state index contributed by atoms with van der Waals surface area (Å²) < 4.78 is 13.2. The van der Waals surface area contributed by atoms with Crippen molar-refractivity contribution in [3.63, 3.8) is 0 Å². The van der Waals surface area contributed by atoms with Crippen molar-refractivity contribution in [1.82, 2.24) is 0 Å². The van der Waals surface area contributed by atoms with Crippen LogP contribution in [0.2, 0.25) is 5.02 Å². The zero-order chi connectivity index (χ0) is 12.6. The van der Waals surface area contributed by atoms with Crippen molar-refractivity contribution in [2.24, 2.45) is 5.92 Å². The first-order chi connectivity index (χ1) is 7.99. The SMILES string of the molecule is CC(Nc1cc(Cl)c(F)cc1[N+](=O)[O-])C1CC1. The third-order valence-corrected chi connectivity index (χ3v) is 3.24. The Labute approximate surface area is 103 Å². The van der Waals surface area contributed by atoms with Gasteiger partial charge in [0.25, 0.3) is 5.69 Å². The quantitative estimate of drug-likeness (QED) is 0.663. The molecule has 0 bridgehead atoms. The van der Waals surface area contributed by atoms with Crippen molar-refractivity contribution < 1.29 is 9.31 Å². The number of hydrogen-bond acceptors (Lipinski definition) is 3. The summed E-state index contributed by atoms with van der Waals surface area (Å²) in [5.41, 5.74) is 0.000185. The normalized spacial score (nSPS) is 16.6. The van der Waals surface area contributed by atoms with Crippen molar-refractivity contribution in [3.8, 4) is 0 Å². The van der Waals surface area contributed by atoms with Gasteiger partial charge in [0.2, 0.25) is 0 Å². The van der Waals surface area contributed by atoms with E-state index in [0.29, 0.717) is 5.92 Å². The van der Waals surface area contributed by atoms with E-state index in [1.165, 1.54) is 6.07 Å². The molecule has 4 nitrogen and oxygen atoms in total. The highest BCUT2D eigenvalue weighted by Gasteiger charge is 2.29. The van der Waals surface area contributed by atoms with Gasteiger partial charge in [0.05, 0.1) is 16.0 Å². The van der Waals surface area contributed by atoms with Crippen LogP contribution in [0.15, 0.2) is 12.1 Å². The van der Waals surface area contributed by atoms with Crippen LogP contribution in [0.4, 0.5) is 15.8 Å². The standard InChI is InChI=1S/C11H12ClFN2O2/c1-6(7-2-3-7)14-10-4-8(12)9(13)5-11(10)15(16)17/h4-7,14H,2-3H2,1H3. The van der Waals surface area contributed by atoms with Crippen LogP contribution < -0.4 is 5.32 Å². The molecule has 2 rings (SSSR count). The molecule has 0 aromatic heterocycles. The number of nitro benzene ring substituents is 1. The fourth-order valence-corrected chi connectivity index (χ4v) is 1.93. The van der Waals surface area contributed by atoms with Gasteiger partial charge in [0.15, 0.2) is 0 Å².